The van der Waals surface area contributed by atoms with Crippen molar-refractivity contribution in [2.24, 2.45) is 0 Å². The molecule has 0 amide bonds. The minimum absolute atomic E-state index is 0.348. The number of hydrogen-bond donors (Lipinski definition) is 0. The topological polar surface area (TPSA) is 22.1 Å². The Hall–Kier alpha value is -3.13. The maximum Gasteiger partial charge on any atom is 0.128 e. The maximum atomic E-state index is 6.11. The van der Waals surface area contributed by atoms with Crippen molar-refractivity contribution in [2.75, 3.05) is 0 Å². The van der Waals surface area contributed by atoms with Gasteiger partial charge in [-0.2, -0.15) is 0 Å². The van der Waals surface area contributed by atoms with Crippen LogP contribution in [0.5, 0.6) is 5.75 Å². The first-order valence-corrected chi connectivity index (χ1v) is 9.08. The van der Waals surface area contributed by atoms with E-state index in [1.807, 2.05) is 12.3 Å². The van der Waals surface area contributed by atoms with E-state index in [0.29, 0.717) is 12.5 Å². The molecule has 1 aromatic heterocycles. The fourth-order valence-corrected chi connectivity index (χ4v) is 4.60. The lowest BCUT2D eigenvalue weighted by Gasteiger charge is -2.25. The van der Waals surface area contributed by atoms with Crippen LogP contribution in [0.2, 0.25) is 0 Å². The molecule has 0 spiro atoms. The van der Waals surface area contributed by atoms with E-state index in [4.69, 9.17) is 4.74 Å². The van der Waals surface area contributed by atoms with Crippen LogP contribution >= 0.6 is 0 Å². The minimum atomic E-state index is 0.348. The van der Waals surface area contributed by atoms with Gasteiger partial charge in [-0.3, -0.25) is 4.98 Å². The van der Waals surface area contributed by atoms with Gasteiger partial charge in [-0.25, -0.2) is 0 Å². The summed E-state index contributed by atoms with van der Waals surface area (Å²) in [5, 5.41) is 2.47. The standard InChI is InChI=1S/C24H17NO/c1-14-18-7-4-10-25-24(18)19-9-8-17-13-26-21-12-16-6-3-2-5-15(16)11-20(21)23(17)22(14)19/h2-12,14H,13H2,1H3. The molecule has 3 aromatic carbocycles. The highest BCUT2D eigenvalue weighted by Crippen LogP contribution is 2.52. The number of aromatic nitrogens is 1. The van der Waals surface area contributed by atoms with Crippen molar-refractivity contribution in [1.82, 2.24) is 4.98 Å². The minimum Gasteiger partial charge on any atom is -0.488 e. The van der Waals surface area contributed by atoms with Crippen molar-refractivity contribution in [3.8, 4) is 28.1 Å². The molecule has 0 fully saturated rings. The lowest BCUT2D eigenvalue weighted by molar-refractivity contribution is 0.302. The van der Waals surface area contributed by atoms with Crippen LogP contribution in [0.25, 0.3) is 33.2 Å². The Bertz CT molecular complexity index is 1210. The summed E-state index contributed by atoms with van der Waals surface area (Å²) < 4.78 is 6.11. The summed E-state index contributed by atoms with van der Waals surface area (Å²) in [6.45, 7) is 2.92. The van der Waals surface area contributed by atoms with Crippen LogP contribution in [0.1, 0.15) is 29.5 Å². The number of pyridine rings is 1. The lowest BCUT2D eigenvalue weighted by atomic mass is 9.85. The van der Waals surface area contributed by atoms with Gasteiger partial charge >= 0.3 is 0 Å². The van der Waals surface area contributed by atoms with Crippen molar-refractivity contribution in [1.29, 1.82) is 0 Å². The monoisotopic (exact) mass is 335 g/mol. The molecule has 0 radical (unpaired) electrons. The number of fused-ring (bicyclic) bond motifs is 8. The molecule has 4 aromatic rings. The zero-order valence-corrected chi connectivity index (χ0v) is 14.5. The van der Waals surface area contributed by atoms with Gasteiger partial charge in [-0.1, -0.05) is 49.4 Å². The van der Waals surface area contributed by atoms with E-state index in [-0.39, 0.29) is 0 Å². The van der Waals surface area contributed by atoms with Crippen LogP contribution in [-0.2, 0) is 6.61 Å². The molecule has 124 valence electrons. The molecule has 1 aliphatic carbocycles. The van der Waals surface area contributed by atoms with Crippen molar-refractivity contribution in [3.63, 3.8) is 0 Å². The van der Waals surface area contributed by atoms with Gasteiger partial charge in [0, 0.05) is 23.2 Å². The van der Waals surface area contributed by atoms with E-state index >= 15 is 0 Å². The largest absolute Gasteiger partial charge is 0.488 e. The van der Waals surface area contributed by atoms with Gasteiger partial charge in [0.15, 0.2) is 0 Å². The third-order valence-corrected chi connectivity index (χ3v) is 5.83. The first kappa shape index (κ1) is 14.1. The molecule has 0 N–H and O–H groups in total. The molecule has 1 atom stereocenters. The Morgan fingerprint density at radius 1 is 0.923 bits per heavy atom. The van der Waals surface area contributed by atoms with Crippen LogP contribution in [0.4, 0.5) is 0 Å². The summed E-state index contributed by atoms with van der Waals surface area (Å²) in [5.74, 6) is 1.33. The van der Waals surface area contributed by atoms with Crippen molar-refractivity contribution in [2.45, 2.75) is 19.4 Å². The summed E-state index contributed by atoms with van der Waals surface area (Å²) in [6.07, 6.45) is 1.89. The van der Waals surface area contributed by atoms with Crippen LogP contribution in [-0.4, -0.2) is 4.98 Å². The first-order chi connectivity index (χ1) is 12.8. The molecular formula is C24H17NO. The zero-order valence-electron chi connectivity index (χ0n) is 14.5. The second kappa shape index (κ2) is 4.95. The van der Waals surface area contributed by atoms with E-state index in [2.05, 4.69) is 66.5 Å². The normalized spacial score (nSPS) is 16.4. The molecule has 26 heavy (non-hydrogen) atoms. The molecule has 2 aliphatic rings. The fourth-order valence-electron chi connectivity index (χ4n) is 4.60. The average molecular weight is 335 g/mol. The first-order valence-electron chi connectivity index (χ1n) is 9.08. The maximum absolute atomic E-state index is 6.11. The van der Waals surface area contributed by atoms with E-state index < -0.39 is 0 Å². The number of benzene rings is 3. The second-order valence-corrected chi connectivity index (χ2v) is 7.21. The number of hydrogen-bond acceptors (Lipinski definition) is 2. The molecule has 1 aliphatic heterocycles. The number of rotatable bonds is 0. The molecular weight excluding hydrogens is 318 g/mol. The average Bonchev–Trinajstić information content (AvgIpc) is 2.99. The van der Waals surface area contributed by atoms with Gasteiger partial charge in [-0.05, 0) is 51.2 Å². The van der Waals surface area contributed by atoms with Gasteiger partial charge in [0.2, 0.25) is 0 Å². The number of nitrogens with zero attached hydrogens (tertiary/aromatic N) is 1. The van der Waals surface area contributed by atoms with Crippen molar-refractivity contribution >= 4 is 10.8 Å². The van der Waals surface area contributed by atoms with Crippen molar-refractivity contribution in [3.05, 3.63) is 83.6 Å². The van der Waals surface area contributed by atoms with Gasteiger partial charge < -0.3 is 4.74 Å². The molecule has 6 rings (SSSR count). The van der Waals surface area contributed by atoms with Crippen LogP contribution in [0, 0.1) is 0 Å². The third kappa shape index (κ3) is 1.74. The van der Waals surface area contributed by atoms with Crippen LogP contribution < -0.4 is 4.74 Å². The molecule has 1 unspecified atom stereocenters. The summed E-state index contributed by atoms with van der Waals surface area (Å²) in [4.78, 5) is 4.67. The second-order valence-electron chi connectivity index (χ2n) is 7.21. The molecule has 2 heterocycles. The van der Waals surface area contributed by atoms with Gasteiger partial charge in [0.25, 0.3) is 0 Å². The van der Waals surface area contributed by atoms with Gasteiger partial charge in [0.05, 0.1) is 5.69 Å². The van der Waals surface area contributed by atoms with E-state index in [0.717, 1.165) is 11.4 Å². The Morgan fingerprint density at radius 2 is 1.77 bits per heavy atom. The molecule has 2 heteroatoms. The molecule has 0 saturated carbocycles. The molecule has 2 nitrogen and oxygen atoms in total. The lowest BCUT2D eigenvalue weighted by Crippen LogP contribution is -2.08. The third-order valence-electron chi connectivity index (χ3n) is 5.83. The smallest absolute Gasteiger partial charge is 0.128 e. The Kier molecular flexibility index (Phi) is 2.68. The Labute approximate surface area is 152 Å². The summed E-state index contributed by atoms with van der Waals surface area (Å²) >= 11 is 0. The fraction of sp³-hybridized carbons (Fsp3) is 0.125. The van der Waals surface area contributed by atoms with E-state index in [1.165, 1.54) is 44.2 Å². The van der Waals surface area contributed by atoms with Crippen LogP contribution in [0.3, 0.4) is 0 Å². The number of ether oxygens (including phenoxy) is 1. The van der Waals surface area contributed by atoms with E-state index in [9.17, 15) is 0 Å². The summed E-state index contributed by atoms with van der Waals surface area (Å²) in [5.41, 5.74) is 8.95. The Morgan fingerprint density at radius 3 is 2.65 bits per heavy atom. The zero-order chi connectivity index (χ0) is 17.3. The van der Waals surface area contributed by atoms with Crippen molar-refractivity contribution < 1.29 is 4.74 Å². The highest BCUT2D eigenvalue weighted by Gasteiger charge is 2.32. The Balaban J connectivity index is 1.69. The molecule has 0 saturated heterocycles. The predicted molar refractivity (Wildman–Crippen MR) is 104 cm³/mol. The summed E-state index contributed by atoms with van der Waals surface area (Å²) in [6, 6.07) is 21.6. The van der Waals surface area contributed by atoms with Crippen LogP contribution in [0.15, 0.2) is 66.9 Å². The quantitative estimate of drug-likeness (QED) is 0.397. The van der Waals surface area contributed by atoms with E-state index in [1.54, 1.807) is 0 Å². The highest BCUT2D eigenvalue weighted by molar-refractivity contribution is 5.95. The summed E-state index contributed by atoms with van der Waals surface area (Å²) in [7, 11) is 0. The SMILES string of the molecule is CC1c2cccnc2-c2ccc3c(c21)-c1cc2ccccc2cc1OC3. The predicted octanol–water partition coefficient (Wildman–Crippen LogP) is 5.93. The van der Waals surface area contributed by atoms with Gasteiger partial charge in [-0.15, -0.1) is 0 Å². The van der Waals surface area contributed by atoms with Gasteiger partial charge in [0.1, 0.15) is 12.4 Å². The highest BCUT2D eigenvalue weighted by atomic mass is 16.5. The molecule has 0 bridgehead atoms.